The Morgan fingerprint density at radius 2 is 2.07 bits per heavy atom. The van der Waals surface area contributed by atoms with Gasteiger partial charge in [-0.2, -0.15) is 5.26 Å². The molecule has 9 heteroatoms. The van der Waals surface area contributed by atoms with E-state index in [2.05, 4.69) is 21.4 Å². The Bertz CT molecular complexity index is 929. The summed E-state index contributed by atoms with van der Waals surface area (Å²) in [5.41, 5.74) is 0.294. The first-order chi connectivity index (χ1) is 13.4. The minimum Gasteiger partial charge on any atom is -0.455 e. The first-order valence-corrected chi connectivity index (χ1v) is 11.0. The predicted molar refractivity (Wildman–Crippen MR) is 108 cm³/mol. The predicted octanol–water partition coefficient (Wildman–Crippen LogP) is 3.29. The zero-order chi connectivity index (χ0) is 20.1. The van der Waals surface area contributed by atoms with Crippen molar-refractivity contribution >= 4 is 45.2 Å². The molecule has 0 radical (unpaired) electrons. The molecule has 1 amide bonds. The van der Waals surface area contributed by atoms with Gasteiger partial charge in [-0.3, -0.25) is 9.59 Å². The third kappa shape index (κ3) is 4.62. The summed E-state index contributed by atoms with van der Waals surface area (Å²) in [5, 5.41) is 13.8. The molecule has 28 heavy (non-hydrogen) atoms. The summed E-state index contributed by atoms with van der Waals surface area (Å²) in [6.45, 7) is 3.67. The smallest absolute Gasteiger partial charge is 0.316 e. The molecule has 1 fully saturated rings. The number of hydrogen-bond donors (Lipinski definition) is 1. The highest BCUT2D eigenvalue weighted by molar-refractivity contribution is 8.00. The van der Waals surface area contributed by atoms with E-state index in [4.69, 9.17) is 4.74 Å². The summed E-state index contributed by atoms with van der Waals surface area (Å²) in [7, 11) is 0. The molecule has 2 aromatic rings. The number of nitrogens with zero attached hydrogens (tertiary/aromatic N) is 3. The van der Waals surface area contributed by atoms with Gasteiger partial charge in [-0.1, -0.05) is 31.0 Å². The number of thiophene rings is 1. The average molecular weight is 419 g/mol. The number of thioether (sulfide) groups is 1. The molecule has 7 nitrogen and oxygen atoms in total. The van der Waals surface area contributed by atoms with Gasteiger partial charge in [0.25, 0.3) is 5.91 Å². The Kier molecular flexibility index (Phi) is 6.52. The number of aromatic nitrogens is 2. The Morgan fingerprint density at radius 3 is 2.79 bits per heavy atom. The van der Waals surface area contributed by atoms with E-state index in [-0.39, 0.29) is 12.4 Å². The molecule has 1 N–H and O–H groups in total. The second-order valence-corrected chi connectivity index (χ2v) is 9.06. The SMILES string of the molecule is Cc1sc2ncnc(SCC(=O)OCC(=O)NC3(C#N)CCCCC3)c2c1C. The number of nitrogens with one attached hydrogen (secondary N) is 1. The van der Waals surface area contributed by atoms with Gasteiger partial charge in [0, 0.05) is 10.3 Å². The van der Waals surface area contributed by atoms with E-state index in [1.165, 1.54) is 23.0 Å². The number of ether oxygens (including phenoxy) is 1. The van der Waals surface area contributed by atoms with Crippen LogP contribution >= 0.6 is 23.1 Å². The molecule has 2 heterocycles. The fraction of sp³-hybridized carbons (Fsp3) is 0.526. The molecule has 0 unspecified atom stereocenters. The number of carbonyl (C=O) groups is 2. The van der Waals surface area contributed by atoms with Crippen molar-refractivity contribution in [1.29, 1.82) is 5.26 Å². The highest BCUT2D eigenvalue weighted by Crippen LogP contribution is 2.34. The molecule has 0 spiro atoms. The van der Waals surface area contributed by atoms with Gasteiger partial charge in [-0.15, -0.1) is 11.3 Å². The maximum atomic E-state index is 12.1. The van der Waals surface area contributed by atoms with Crippen molar-refractivity contribution in [3.05, 3.63) is 16.8 Å². The van der Waals surface area contributed by atoms with Crippen LogP contribution in [0.15, 0.2) is 11.4 Å². The lowest BCUT2D eigenvalue weighted by atomic mass is 9.83. The molecule has 0 aromatic carbocycles. The van der Waals surface area contributed by atoms with Crippen molar-refractivity contribution in [2.75, 3.05) is 12.4 Å². The van der Waals surface area contributed by atoms with Crippen molar-refractivity contribution in [2.24, 2.45) is 0 Å². The summed E-state index contributed by atoms with van der Waals surface area (Å²) in [6.07, 6.45) is 5.68. The number of carbonyl (C=O) groups excluding carboxylic acids is 2. The van der Waals surface area contributed by atoms with Gasteiger partial charge < -0.3 is 10.1 Å². The first-order valence-electron chi connectivity index (χ1n) is 9.15. The van der Waals surface area contributed by atoms with Crippen LogP contribution in [0, 0.1) is 25.2 Å². The van der Waals surface area contributed by atoms with Gasteiger partial charge in [0.15, 0.2) is 6.61 Å². The van der Waals surface area contributed by atoms with E-state index >= 15 is 0 Å². The molecule has 148 valence electrons. The number of aryl methyl sites for hydroxylation is 2. The summed E-state index contributed by atoms with van der Waals surface area (Å²) < 4.78 is 5.08. The zero-order valence-corrected chi connectivity index (χ0v) is 17.5. The number of nitriles is 1. The second kappa shape index (κ2) is 8.88. The molecule has 1 aliphatic carbocycles. The van der Waals surface area contributed by atoms with Crippen molar-refractivity contribution in [3.8, 4) is 6.07 Å². The third-order valence-electron chi connectivity index (χ3n) is 4.92. The van der Waals surface area contributed by atoms with Crippen LogP contribution < -0.4 is 5.32 Å². The highest BCUT2D eigenvalue weighted by Gasteiger charge is 2.33. The number of esters is 1. The molecule has 0 atom stereocenters. The molecule has 2 aromatic heterocycles. The molecule has 0 aliphatic heterocycles. The number of amides is 1. The van der Waals surface area contributed by atoms with Crippen LogP contribution in [0.2, 0.25) is 0 Å². The maximum absolute atomic E-state index is 12.1. The summed E-state index contributed by atoms with van der Waals surface area (Å²) in [4.78, 5) is 34.8. The fourth-order valence-electron chi connectivity index (χ4n) is 3.30. The summed E-state index contributed by atoms with van der Waals surface area (Å²) in [6, 6.07) is 2.22. The minimum atomic E-state index is -0.822. The van der Waals surface area contributed by atoms with Crippen LogP contribution in [0.1, 0.15) is 42.5 Å². The molecule has 1 saturated carbocycles. The van der Waals surface area contributed by atoms with Gasteiger partial charge in [-0.05, 0) is 32.3 Å². The van der Waals surface area contributed by atoms with Gasteiger partial charge in [-0.25, -0.2) is 9.97 Å². The molecular weight excluding hydrogens is 396 g/mol. The average Bonchev–Trinajstić information content (AvgIpc) is 3.00. The fourth-order valence-corrected chi connectivity index (χ4v) is 5.21. The van der Waals surface area contributed by atoms with E-state index in [0.29, 0.717) is 12.8 Å². The largest absolute Gasteiger partial charge is 0.455 e. The highest BCUT2D eigenvalue weighted by atomic mass is 32.2. The van der Waals surface area contributed by atoms with Crippen molar-refractivity contribution in [2.45, 2.75) is 56.5 Å². The summed E-state index contributed by atoms with van der Waals surface area (Å²) in [5.74, 6) is -0.876. The topological polar surface area (TPSA) is 105 Å². The van der Waals surface area contributed by atoms with Crippen LogP contribution in [0.4, 0.5) is 0 Å². The number of hydrogen-bond acceptors (Lipinski definition) is 8. The van der Waals surface area contributed by atoms with Crippen molar-refractivity contribution in [1.82, 2.24) is 15.3 Å². The van der Waals surface area contributed by atoms with Gasteiger partial charge in [0.05, 0.1) is 11.8 Å². The zero-order valence-electron chi connectivity index (χ0n) is 15.9. The standard InChI is InChI=1S/C19H22N4O3S2/c1-12-13(2)28-18-16(12)17(21-11-22-18)27-9-15(25)26-8-14(24)23-19(10-20)6-4-3-5-7-19/h11H,3-9H2,1-2H3,(H,23,24). The molecule has 0 saturated heterocycles. The van der Waals surface area contributed by atoms with E-state index in [1.54, 1.807) is 11.3 Å². The van der Waals surface area contributed by atoms with Crippen LogP contribution in [0.25, 0.3) is 10.2 Å². The molecule has 1 aliphatic rings. The van der Waals surface area contributed by atoms with Crippen molar-refractivity contribution < 1.29 is 14.3 Å². The first kappa shape index (κ1) is 20.6. The monoisotopic (exact) mass is 418 g/mol. The lowest BCUT2D eigenvalue weighted by Gasteiger charge is -2.31. The molecule has 0 bridgehead atoms. The van der Waals surface area contributed by atoms with Gasteiger partial charge in [0.1, 0.15) is 21.7 Å². The van der Waals surface area contributed by atoms with Gasteiger partial charge in [0.2, 0.25) is 0 Å². The Hall–Kier alpha value is -2.18. The van der Waals surface area contributed by atoms with E-state index in [1.807, 2.05) is 13.8 Å². The lowest BCUT2D eigenvalue weighted by molar-refractivity contribution is -0.146. The number of rotatable bonds is 6. The number of fused-ring (bicyclic) bond motifs is 1. The van der Waals surface area contributed by atoms with Crippen LogP contribution in [-0.2, 0) is 14.3 Å². The molecule has 3 rings (SSSR count). The van der Waals surface area contributed by atoms with Crippen LogP contribution in [-0.4, -0.2) is 39.7 Å². The maximum Gasteiger partial charge on any atom is 0.316 e. The third-order valence-corrected chi connectivity index (χ3v) is 7.00. The van der Waals surface area contributed by atoms with E-state index < -0.39 is 17.4 Å². The minimum absolute atomic E-state index is 0.0527. The molecular formula is C19H22N4O3S2. The van der Waals surface area contributed by atoms with E-state index in [9.17, 15) is 14.9 Å². The Morgan fingerprint density at radius 1 is 1.32 bits per heavy atom. The normalized spacial score (nSPS) is 15.8. The Labute approximate surface area is 171 Å². The second-order valence-electron chi connectivity index (χ2n) is 6.89. The van der Waals surface area contributed by atoms with Crippen LogP contribution in [0.3, 0.4) is 0 Å². The quantitative estimate of drug-likeness (QED) is 0.436. The van der Waals surface area contributed by atoms with Crippen molar-refractivity contribution in [3.63, 3.8) is 0 Å². The van der Waals surface area contributed by atoms with Gasteiger partial charge >= 0.3 is 5.97 Å². The Balaban J connectivity index is 1.51. The van der Waals surface area contributed by atoms with Crippen LogP contribution in [0.5, 0.6) is 0 Å². The summed E-state index contributed by atoms with van der Waals surface area (Å²) >= 11 is 2.87. The van der Waals surface area contributed by atoms with E-state index in [0.717, 1.165) is 40.1 Å². The lowest BCUT2D eigenvalue weighted by Crippen LogP contribution is -2.50.